The Kier molecular flexibility index (Phi) is 19.7. The molecule has 0 spiro atoms. The van der Waals surface area contributed by atoms with E-state index < -0.39 is 52.6 Å². The Balaban J connectivity index is 0.000000300. The van der Waals surface area contributed by atoms with Crippen LogP contribution in [0.4, 0.5) is 23.3 Å². The number of ether oxygens (including phenoxy) is 3. The summed E-state index contributed by atoms with van der Waals surface area (Å²) in [5.74, 6) is -2.22. The van der Waals surface area contributed by atoms with Crippen molar-refractivity contribution in [3.8, 4) is 11.5 Å². The van der Waals surface area contributed by atoms with Crippen LogP contribution in [-0.2, 0) is 34.0 Å². The number of aromatic nitrogens is 6. The average Bonchev–Trinajstić information content (AvgIpc) is 3.30. The van der Waals surface area contributed by atoms with Gasteiger partial charge in [-0.15, -0.1) is 0 Å². The number of carboxylic acids is 1. The lowest BCUT2D eigenvalue weighted by atomic mass is 10.0. The van der Waals surface area contributed by atoms with Gasteiger partial charge in [-0.3, -0.25) is 18.7 Å². The Bertz CT molecular complexity index is 3020. The molecular weight excluding hydrogens is 944 g/mol. The van der Waals surface area contributed by atoms with E-state index in [0.717, 1.165) is 31.4 Å². The van der Waals surface area contributed by atoms with Crippen LogP contribution in [-0.4, -0.2) is 65.1 Å². The molecule has 0 saturated carbocycles. The van der Waals surface area contributed by atoms with Gasteiger partial charge < -0.3 is 30.0 Å². The van der Waals surface area contributed by atoms with Gasteiger partial charge >= 0.3 is 34.7 Å². The summed E-state index contributed by atoms with van der Waals surface area (Å²) in [5, 5.41) is 16.2. The second-order valence-electron chi connectivity index (χ2n) is 16.6. The summed E-state index contributed by atoms with van der Waals surface area (Å²) >= 11 is 12.6. The molecule has 6 rings (SSSR count). The van der Waals surface area contributed by atoms with Crippen LogP contribution in [0.2, 0.25) is 10.0 Å². The van der Waals surface area contributed by atoms with Crippen LogP contribution < -0.4 is 42.9 Å². The largest absolute Gasteiger partial charge is 0.492 e. The number of aryl methyl sites for hydroxylation is 2. The molecule has 0 bridgehead atoms. The van der Waals surface area contributed by atoms with Crippen LogP contribution in [0.5, 0.6) is 11.5 Å². The molecule has 0 aliphatic carbocycles. The first-order valence-corrected chi connectivity index (χ1v) is 22.8. The number of nitrogens with one attached hydrogen (secondary N) is 2. The van der Waals surface area contributed by atoms with Crippen molar-refractivity contribution in [1.82, 2.24) is 28.2 Å². The molecule has 0 aliphatic rings. The van der Waals surface area contributed by atoms with E-state index in [1.54, 1.807) is 43.3 Å². The van der Waals surface area contributed by atoms with Crippen molar-refractivity contribution in [2.45, 2.75) is 94.6 Å². The number of hydrogen-bond acceptors (Lipinski definition) is 13. The monoisotopic (exact) mass is 1000 g/mol. The molecule has 6 aromatic rings. The third kappa shape index (κ3) is 14.2. The number of anilines is 4. The summed E-state index contributed by atoms with van der Waals surface area (Å²) in [4.78, 5) is 84.0. The maximum Gasteiger partial charge on any atom is 0.355 e. The summed E-state index contributed by atoms with van der Waals surface area (Å²) in [7, 11) is 1.25. The Morgan fingerprint density at radius 2 is 1.16 bits per heavy atom. The van der Waals surface area contributed by atoms with Crippen LogP contribution in [0.15, 0.2) is 104 Å². The Labute approximate surface area is 415 Å². The highest BCUT2D eigenvalue weighted by Crippen LogP contribution is 2.31. The van der Waals surface area contributed by atoms with E-state index in [4.69, 9.17) is 37.4 Å². The van der Waals surface area contributed by atoms with Gasteiger partial charge in [0.1, 0.15) is 11.5 Å². The number of carboxylic acid groups (broad SMARTS) is 1. The van der Waals surface area contributed by atoms with Crippen molar-refractivity contribution in [3.05, 3.63) is 159 Å². The van der Waals surface area contributed by atoms with E-state index in [2.05, 4.69) is 20.6 Å². The molecular formula is C50H60Cl2N8O10. The summed E-state index contributed by atoms with van der Waals surface area (Å²) < 4.78 is 20.3. The molecule has 18 nitrogen and oxygen atoms in total. The standard InChI is InChI=1S/C25H29ClN4O5.C24H27ClN4O5.CH4/c1-14(2)35-21-11-10-19(12-20(21)26)27-23-28-24(33)30(17(5)16(4)22(31)32)25(34)29(23)13-18-8-6-15(3)7-9-18;1-5-34-20-11-10-18(12-19(20)25)26-22-27-23(31)29(13-16(3)21(30)33-4)24(32)28(22)14-17-8-6-15(2)7-9-17;/h6-12,14,16-17H,13H2,1-5H3,(H,31,32)(H,27,28,33);6-12,16H,5,13-14H2,1-4H3,(H,26,27,31);1H4/t16-,17+;16-;/m10./s1. The Hall–Kier alpha value is -7.18. The molecule has 2 heterocycles. The minimum absolute atomic E-state index is 0. The molecule has 0 aliphatic heterocycles. The lowest BCUT2D eigenvalue weighted by molar-refractivity contribution is -0.145. The first kappa shape index (κ1) is 55.4. The third-order valence-electron chi connectivity index (χ3n) is 10.8. The molecule has 0 radical (unpaired) electrons. The fraction of sp³-hybridized carbons (Fsp3) is 0.360. The molecule has 70 heavy (non-hydrogen) atoms. The van der Waals surface area contributed by atoms with E-state index >= 15 is 0 Å². The van der Waals surface area contributed by atoms with E-state index in [9.17, 15) is 33.9 Å². The third-order valence-corrected chi connectivity index (χ3v) is 11.4. The normalized spacial score (nSPS) is 12.1. The molecule has 2 aromatic heterocycles. The van der Waals surface area contributed by atoms with Crippen LogP contribution in [0.25, 0.3) is 0 Å². The Morgan fingerprint density at radius 3 is 1.60 bits per heavy atom. The van der Waals surface area contributed by atoms with Crippen molar-refractivity contribution in [2.24, 2.45) is 11.8 Å². The molecule has 0 amide bonds. The fourth-order valence-electron chi connectivity index (χ4n) is 6.79. The van der Waals surface area contributed by atoms with Gasteiger partial charge in [-0.1, -0.05) is 97.2 Å². The number of rotatable bonds is 18. The SMILES string of the molecule is C.CCOc1ccc(Nc2nc(=O)n(C[C@H](C)C(=O)OC)c(=O)n2Cc2ccc(C)cc2)cc1Cl.Cc1ccc(Cn2c(Nc3ccc(OC(C)C)c(Cl)c3)nc(=O)n([C@@H](C)[C@@H](C)C(=O)O)c2=O)cc1. The first-order chi connectivity index (χ1) is 32.7. The summed E-state index contributed by atoms with van der Waals surface area (Å²) in [6.45, 7) is 14.7. The zero-order valence-corrected chi connectivity index (χ0v) is 41.3. The number of benzene rings is 4. The minimum atomic E-state index is -1.12. The number of carbonyl (C=O) groups excluding carboxylic acids is 1. The number of halogens is 2. The first-order valence-electron chi connectivity index (χ1n) is 22.0. The second kappa shape index (κ2) is 24.9. The second-order valence-corrected chi connectivity index (χ2v) is 17.4. The molecule has 0 unspecified atom stereocenters. The van der Waals surface area contributed by atoms with Gasteiger partial charge in [0, 0.05) is 17.9 Å². The van der Waals surface area contributed by atoms with Crippen LogP contribution in [0.1, 0.15) is 77.3 Å². The highest BCUT2D eigenvalue weighted by atomic mass is 35.5. The van der Waals surface area contributed by atoms with E-state index in [0.29, 0.717) is 39.5 Å². The number of nitrogens with zero attached hydrogens (tertiary/aromatic N) is 6. The predicted octanol–water partition coefficient (Wildman–Crippen LogP) is 8.23. The topological polar surface area (TPSA) is 220 Å². The maximum absolute atomic E-state index is 13.5. The number of methoxy groups -OCH3 is 1. The molecule has 0 saturated heterocycles. The lowest BCUT2D eigenvalue weighted by Crippen LogP contribution is -2.46. The van der Waals surface area contributed by atoms with E-state index in [-0.39, 0.29) is 45.1 Å². The number of aliphatic carboxylic acids is 1. The van der Waals surface area contributed by atoms with Crippen LogP contribution >= 0.6 is 23.2 Å². The quantitative estimate of drug-likeness (QED) is 0.0691. The van der Waals surface area contributed by atoms with Gasteiger partial charge in [0.25, 0.3) is 0 Å². The highest BCUT2D eigenvalue weighted by molar-refractivity contribution is 6.32. The van der Waals surface area contributed by atoms with Crippen LogP contribution in [0.3, 0.4) is 0 Å². The maximum atomic E-state index is 13.5. The Morgan fingerprint density at radius 1 is 0.686 bits per heavy atom. The summed E-state index contributed by atoms with van der Waals surface area (Å²) in [6, 6.07) is 24.4. The highest BCUT2D eigenvalue weighted by Gasteiger charge is 2.27. The molecule has 3 N–H and O–H groups in total. The van der Waals surface area contributed by atoms with Gasteiger partial charge in [-0.05, 0) is 96.0 Å². The van der Waals surface area contributed by atoms with Gasteiger partial charge in [-0.2, -0.15) is 9.97 Å². The van der Waals surface area contributed by atoms with Crippen molar-refractivity contribution < 1.29 is 28.9 Å². The zero-order valence-electron chi connectivity index (χ0n) is 39.8. The minimum Gasteiger partial charge on any atom is -0.492 e. The van der Waals surface area contributed by atoms with Crippen molar-refractivity contribution in [3.63, 3.8) is 0 Å². The fourth-order valence-corrected chi connectivity index (χ4v) is 7.25. The van der Waals surface area contributed by atoms with Gasteiger partial charge in [0.2, 0.25) is 11.9 Å². The van der Waals surface area contributed by atoms with Crippen molar-refractivity contribution in [1.29, 1.82) is 0 Å². The molecule has 4 aromatic carbocycles. The molecule has 374 valence electrons. The van der Waals surface area contributed by atoms with Gasteiger partial charge in [0.05, 0.1) is 60.8 Å². The average molecular weight is 1000 g/mol. The predicted molar refractivity (Wildman–Crippen MR) is 272 cm³/mol. The van der Waals surface area contributed by atoms with Crippen molar-refractivity contribution in [2.75, 3.05) is 24.4 Å². The van der Waals surface area contributed by atoms with Gasteiger partial charge in [0.15, 0.2) is 0 Å². The van der Waals surface area contributed by atoms with Gasteiger partial charge in [-0.25, -0.2) is 28.3 Å². The zero-order chi connectivity index (χ0) is 50.7. The molecule has 20 heteroatoms. The molecule has 0 fully saturated rings. The van der Waals surface area contributed by atoms with Crippen LogP contribution in [0, 0.1) is 25.7 Å². The number of hydrogen-bond donors (Lipinski definition) is 3. The van der Waals surface area contributed by atoms with E-state index in [1.807, 2.05) is 83.1 Å². The number of carbonyl (C=O) groups is 2. The van der Waals surface area contributed by atoms with E-state index in [1.165, 1.54) is 30.1 Å². The smallest absolute Gasteiger partial charge is 0.355 e. The van der Waals surface area contributed by atoms with Crippen molar-refractivity contribution >= 4 is 58.4 Å². The summed E-state index contributed by atoms with van der Waals surface area (Å²) in [6.07, 6.45) is -0.0598. The lowest BCUT2D eigenvalue weighted by Gasteiger charge is -2.21. The molecule has 3 atom stereocenters. The number of esters is 1. The summed E-state index contributed by atoms with van der Waals surface area (Å²) in [5.41, 5.74) is 1.93.